The molecular weight excluding hydrogens is 316 g/mol. The van der Waals surface area contributed by atoms with Crippen LogP contribution in [-0.2, 0) is 11.2 Å². The lowest BCUT2D eigenvalue weighted by Crippen LogP contribution is -2.10. The highest BCUT2D eigenvalue weighted by Crippen LogP contribution is 2.27. The Balaban J connectivity index is 1.86. The van der Waals surface area contributed by atoms with Gasteiger partial charge >= 0.3 is 5.97 Å². The number of ether oxygens (including phenoxy) is 2. The second-order valence-electron chi connectivity index (χ2n) is 6.43. The molecule has 0 saturated heterocycles. The summed E-state index contributed by atoms with van der Waals surface area (Å²) in [6.45, 7) is 7.25. The number of rotatable bonds is 9. The van der Waals surface area contributed by atoms with Crippen LogP contribution in [0.1, 0.15) is 42.9 Å². The molecule has 25 heavy (non-hydrogen) atoms. The molecule has 0 atom stereocenters. The average Bonchev–Trinajstić information content (AvgIpc) is 2.57. The minimum absolute atomic E-state index is 0.123. The molecule has 0 aromatic heterocycles. The van der Waals surface area contributed by atoms with Gasteiger partial charge in [0.2, 0.25) is 0 Å². The van der Waals surface area contributed by atoms with Gasteiger partial charge in [0.05, 0.1) is 0 Å². The lowest BCUT2D eigenvalue weighted by Gasteiger charge is -2.15. The van der Waals surface area contributed by atoms with Crippen molar-refractivity contribution in [2.24, 2.45) is 0 Å². The fraction of sp³-hybridized carbons (Fsp3) is 0.381. The van der Waals surface area contributed by atoms with E-state index < -0.39 is 5.97 Å². The Hall–Kier alpha value is -2.49. The third-order valence-electron chi connectivity index (χ3n) is 3.93. The first kappa shape index (κ1) is 18.8. The first-order chi connectivity index (χ1) is 12.0. The number of aryl methyl sites for hydroxylation is 2. The third-order valence-corrected chi connectivity index (χ3v) is 3.93. The lowest BCUT2D eigenvalue weighted by molar-refractivity contribution is -0.136. The van der Waals surface area contributed by atoms with E-state index in [1.807, 2.05) is 24.3 Å². The maximum atomic E-state index is 10.7. The Labute approximate surface area is 149 Å². The lowest BCUT2D eigenvalue weighted by atomic mass is 10.0. The highest BCUT2D eigenvalue weighted by Gasteiger charge is 2.08. The number of carbonyl (C=O) groups is 1. The molecule has 2 aromatic rings. The third kappa shape index (κ3) is 6.14. The van der Waals surface area contributed by atoms with Gasteiger partial charge in [-0.2, -0.15) is 0 Å². The molecule has 0 amide bonds. The van der Waals surface area contributed by atoms with Gasteiger partial charge < -0.3 is 14.6 Å². The zero-order valence-corrected chi connectivity index (χ0v) is 15.1. The van der Waals surface area contributed by atoms with E-state index in [1.54, 1.807) is 0 Å². The molecule has 0 aliphatic heterocycles. The van der Waals surface area contributed by atoms with Crippen LogP contribution in [0.25, 0.3) is 0 Å². The smallest absolute Gasteiger partial charge is 0.303 e. The summed E-state index contributed by atoms with van der Waals surface area (Å²) in [5.41, 5.74) is 3.33. The highest BCUT2D eigenvalue weighted by molar-refractivity contribution is 5.67. The van der Waals surface area contributed by atoms with Crippen molar-refractivity contribution in [2.45, 2.75) is 39.5 Å². The van der Waals surface area contributed by atoms with Gasteiger partial charge in [-0.05, 0) is 54.2 Å². The van der Waals surface area contributed by atoms with Crippen molar-refractivity contribution in [3.8, 4) is 11.5 Å². The quantitative estimate of drug-likeness (QED) is 0.677. The second kappa shape index (κ2) is 9.11. The summed E-state index contributed by atoms with van der Waals surface area (Å²) in [5, 5.41) is 8.76. The van der Waals surface area contributed by atoms with Crippen LogP contribution in [0.3, 0.4) is 0 Å². The summed E-state index contributed by atoms with van der Waals surface area (Å²) in [6, 6.07) is 13.8. The summed E-state index contributed by atoms with van der Waals surface area (Å²) in [6.07, 6.45) is 0.627. The SMILES string of the molecule is Cc1ccc(C(C)C)c(OCCOc2cccc(CCC(=O)O)c2)c1. The molecule has 0 fully saturated rings. The molecule has 4 nitrogen and oxygen atoms in total. The van der Waals surface area contributed by atoms with Crippen molar-refractivity contribution in [2.75, 3.05) is 13.2 Å². The normalized spacial score (nSPS) is 10.7. The van der Waals surface area contributed by atoms with Gasteiger partial charge in [-0.15, -0.1) is 0 Å². The van der Waals surface area contributed by atoms with Crippen molar-refractivity contribution in [1.82, 2.24) is 0 Å². The predicted molar refractivity (Wildman–Crippen MR) is 98.7 cm³/mol. The standard InChI is InChI=1S/C21H26O4/c1-15(2)19-9-7-16(3)13-20(19)25-12-11-24-18-6-4-5-17(14-18)8-10-21(22)23/h4-7,9,13-15H,8,10-12H2,1-3H3,(H,22,23). The Bertz CT molecular complexity index is 707. The van der Waals surface area contributed by atoms with Gasteiger partial charge in [-0.25, -0.2) is 0 Å². The summed E-state index contributed by atoms with van der Waals surface area (Å²) < 4.78 is 11.6. The van der Waals surface area contributed by atoms with E-state index in [0.29, 0.717) is 25.6 Å². The Morgan fingerprint density at radius 1 is 1.08 bits per heavy atom. The molecule has 2 aromatic carbocycles. The molecule has 134 valence electrons. The molecule has 0 heterocycles. The number of carboxylic acids is 1. The fourth-order valence-electron chi connectivity index (χ4n) is 2.60. The van der Waals surface area contributed by atoms with Crippen LogP contribution < -0.4 is 9.47 Å². The summed E-state index contributed by atoms with van der Waals surface area (Å²) in [4.78, 5) is 10.7. The van der Waals surface area contributed by atoms with E-state index in [0.717, 1.165) is 17.1 Å². The minimum atomic E-state index is -0.793. The second-order valence-corrected chi connectivity index (χ2v) is 6.43. The first-order valence-corrected chi connectivity index (χ1v) is 8.62. The zero-order valence-electron chi connectivity index (χ0n) is 15.1. The fourth-order valence-corrected chi connectivity index (χ4v) is 2.60. The number of carboxylic acid groups (broad SMARTS) is 1. The van der Waals surface area contributed by atoms with E-state index in [2.05, 4.69) is 39.0 Å². The van der Waals surface area contributed by atoms with E-state index in [4.69, 9.17) is 14.6 Å². The van der Waals surface area contributed by atoms with Crippen LogP contribution in [0.2, 0.25) is 0 Å². The predicted octanol–water partition coefficient (Wildman–Crippen LogP) is 4.59. The van der Waals surface area contributed by atoms with Crippen LogP contribution in [0, 0.1) is 6.92 Å². The van der Waals surface area contributed by atoms with Crippen molar-refractivity contribution in [3.63, 3.8) is 0 Å². The van der Waals surface area contributed by atoms with E-state index in [9.17, 15) is 4.79 Å². The van der Waals surface area contributed by atoms with Crippen LogP contribution >= 0.6 is 0 Å². The van der Waals surface area contributed by atoms with Crippen molar-refractivity contribution in [1.29, 1.82) is 0 Å². The number of benzene rings is 2. The maximum absolute atomic E-state index is 10.7. The molecular formula is C21H26O4. The highest BCUT2D eigenvalue weighted by atomic mass is 16.5. The largest absolute Gasteiger partial charge is 0.490 e. The van der Waals surface area contributed by atoms with Gasteiger partial charge in [-0.1, -0.05) is 38.1 Å². The van der Waals surface area contributed by atoms with Gasteiger partial charge in [-0.3, -0.25) is 4.79 Å². The molecule has 0 saturated carbocycles. The average molecular weight is 342 g/mol. The first-order valence-electron chi connectivity index (χ1n) is 8.62. The molecule has 0 bridgehead atoms. The molecule has 4 heteroatoms. The van der Waals surface area contributed by atoms with Crippen molar-refractivity contribution >= 4 is 5.97 Å². The topological polar surface area (TPSA) is 55.8 Å². The van der Waals surface area contributed by atoms with E-state index in [-0.39, 0.29) is 6.42 Å². The van der Waals surface area contributed by atoms with Gasteiger partial charge in [0.25, 0.3) is 0 Å². The monoisotopic (exact) mass is 342 g/mol. The van der Waals surface area contributed by atoms with E-state index in [1.165, 1.54) is 11.1 Å². The van der Waals surface area contributed by atoms with Gasteiger partial charge in [0, 0.05) is 6.42 Å². The number of hydrogen-bond acceptors (Lipinski definition) is 3. The van der Waals surface area contributed by atoms with Gasteiger partial charge in [0.15, 0.2) is 0 Å². The number of hydrogen-bond donors (Lipinski definition) is 1. The molecule has 1 N–H and O–H groups in total. The minimum Gasteiger partial charge on any atom is -0.490 e. The Morgan fingerprint density at radius 3 is 2.56 bits per heavy atom. The molecule has 0 aliphatic rings. The Kier molecular flexibility index (Phi) is 6.87. The zero-order chi connectivity index (χ0) is 18.2. The molecule has 2 rings (SSSR count). The Morgan fingerprint density at radius 2 is 1.84 bits per heavy atom. The molecule has 0 spiro atoms. The van der Waals surface area contributed by atoms with Crippen LogP contribution in [0.5, 0.6) is 11.5 Å². The molecule has 0 radical (unpaired) electrons. The van der Waals surface area contributed by atoms with Crippen molar-refractivity contribution in [3.05, 3.63) is 59.2 Å². The van der Waals surface area contributed by atoms with Crippen LogP contribution in [0.4, 0.5) is 0 Å². The molecule has 0 aliphatic carbocycles. The van der Waals surface area contributed by atoms with Crippen LogP contribution in [-0.4, -0.2) is 24.3 Å². The number of aliphatic carboxylic acids is 1. The molecule has 0 unspecified atom stereocenters. The summed E-state index contributed by atoms with van der Waals surface area (Å²) in [7, 11) is 0. The van der Waals surface area contributed by atoms with Crippen molar-refractivity contribution < 1.29 is 19.4 Å². The summed E-state index contributed by atoms with van der Waals surface area (Å²) in [5.74, 6) is 1.26. The van der Waals surface area contributed by atoms with Gasteiger partial charge in [0.1, 0.15) is 24.7 Å². The maximum Gasteiger partial charge on any atom is 0.303 e. The van der Waals surface area contributed by atoms with Crippen LogP contribution in [0.15, 0.2) is 42.5 Å². The van der Waals surface area contributed by atoms with E-state index >= 15 is 0 Å². The summed E-state index contributed by atoms with van der Waals surface area (Å²) >= 11 is 0.